The van der Waals surface area contributed by atoms with E-state index in [-0.39, 0.29) is 49.2 Å². The zero-order valence-electron chi connectivity index (χ0n) is 39.1. The van der Waals surface area contributed by atoms with E-state index in [9.17, 15) is 15.3 Å². The van der Waals surface area contributed by atoms with Crippen molar-refractivity contribution in [2.45, 2.75) is 166 Å². The van der Waals surface area contributed by atoms with Gasteiger partial charge >= 0.3 is 0 Å². The number of ether oxygens (including phenoxy) is 3. The van der Waals surface area contributed by atoms with Crippen molar-refractivity contribution in [1.29, 1.82) is 0 Å². The van der Waals surface area contributed by atoms with Crippen molar-refractivity contribution in [1.82, 2.24) is 4.90 Å². The van der Waals surface area contributed by atoms with Crippen LogP contribution in [0.5, 0.6) is 11.5 Å². The second kappa shape index (κ2) is 24.5. The van der Waals surface area contributed by atoms with Crippen LogP contribution in [0.1, 0.15) is 152 Å². The van der Waals surface area contributed by atoms with Gasteiger partial charge in [0.25, 0.3) is 0 Å². The highest BCUT2D eigenvalue weighted by Gasteiger charge is 2.65. The number of benzene rings is 3. The van der Waals surface area contributed by atoms with Gasteiger partial charge in [-0.2, -0.15) is 0 Å². The van der Waals surface area contributed by atoms with Crippen LogP contribution in [-0.2, 0) is 25.7 Å². The number of carbonyl (C=O) groups is 1. The van der Waals surface area contributed by atoms with Crippen LogP contribution in [0, 0.1) is 17.8 Å². The fraction of sp³-hybridized carbons (Fsp3) is 0.600. The minimum absolute atomic E-state index is 0.0459. The van der Waals surface area contributed by atoms with Gasteiger partial charge in [0.1, 0.15) is 17.5 Å². The van der Waals surface area contributed by atoms with E-state index < -0.39 is 24.0 Å². The number of phenolic OH excluding ortho intramolecular Hbond substituents is 1. The van der Waals surface area contributed by atoms with Gasteiger partial charge in [-0.3, -0.25) is 4.79 Å². The average molecular weight is 893 g/mol. The van der Waals surface area contributed by atoms with Gasteiger partial charge in [0.05, 0.1) is 24.8 Å². The molecule has 0 aromatic heterocycles. The van der Waals surface area contributed by atoms with E-state index in [4.69, 9.17) is 24.2 Å². The highest BCUT2D eigenvalue weighted by molar-refractivity contribution is 6.03. The van der Waals surface area contributed by atoms with Crippen LogP contribution in [0.2, 0.25) is 0 Å². The van der Waals surface area contributed by atoms with Crippen molar-refractivity contribution in [2.75, 3.05) is 26.4 Å². The van der Waals surface area contributed by atoms with Gasteiger partial charge in [0.2, 0.25) is 18.0 Å². The first-order valence-electron chi connectivity index (χ1n) is 25.2. The van der Waals surface area contributed by atoms with Crippen LogP contribution in [0.15, 0.2) is 90.1 Å². The Morgan fingerprint density at radius 2 is 1.66 bits per heavy atom. The number of aliphatic hydroxyl groups excluding tert-OH is 2. The number of aromatic hydroxyl groups is 1. The maximum absolute atomic E-state index is 15.4. The summed E-state index contributed by atoms with van der Waals surface area (Å²) in [6.45, 7) is 7.72. The molecule has 7 unspecified atom stereocenters. The Morgan fingerprint density at radius 3 is 2.42 bits per heavy atom. The molecule has 10 heteroatoms. The lowest BCUT2D eigenvalue weighted by atomic mass is 9.55. The number of oxime groups is 1. The van der Waals surface area contributed by atoms with Crippen molar-refractivity contribution in [2.24, 2.45) is 22.9 Å². The second-order valence-corrected chi connectivity index (χ2v) is 18.9. The van der Waals surface area contributed by atoms with Gasteiger partial charge in [-0.25, -0.2) is 0 Å². The van der Waals surface area contributed by atoms with E-state index in [1.165, 1.54) is 38.5 Å². The average Bonchev–Trinajstić information content (AvgIpc) is 3.33. The van der Waals surface area contributed by atoms with E-state index in [1.807, 2.05) is 23.1 Å². The summed E-state index contributed by atoms with van der Waals surface area (Å²) in [7, 11) is 0. The molecule has 1 amide bonds. The number of nitrogens with zero attached hydrogens (tertiary/aromatic N) is 2. The number of carbonyl (C=O) groups excluding carboxylic acids is 1. The standard InChI is InChI=1S/C55H76N2O8/c1-3-5-6-7-8-9-10-11-12-28-51(61)57(39-42-25-21-24-40-22-13-14-26-44(40)42)50-38-48(56-65-52-29-17-20-35-62-52)46-36-41(23-15-18-32-58)45(27-16-19-33-59)53-47-37-43(60)30-31-49(47)64-55(50,54(46)53)63-34-4-2/h4,13-14,21-22,24-26,30-31,36-37,41,45,50,52-54,58-60H,2-3,5-12,15-20,23,27-29,32-35,38-39H2,1H3. The molecule has 2 heterocycles. The molecule has 7 atom stereocenters. The zero-order chi connectivity index (χ0) is 45.4. The normalized spacial score (nSPS) is 25.3. The summed E-state index contributed by atoms with van der Waals surface area (Å²) in [6.07, 6.45) is 22.2. The monoisotopic (exact) mass is 893 g/mol. The number of amides is 1. The summed E-state index contributed by atoms with van der Waals surface area (Å²) in [4.78, 5) is 23.8. The quantitative estimate of drug-likeness (QED) is 0.0413. The number of hydrogen-bond acceptors (Lipinski definition) is 9. The topological polar surface area (TPSA) is 130 Å². The molecule has 65 heavy (non-hydrogen) atoms. The molecule has 354 valence electrons. The molecule has 3 aromatic carbocycles. The Labute approximate surface area is 388 Å². The van der Waals surface area contributed by atoms with Crippen LogP contribution in [0.4, 0.5) is 0 Å². The molecule has 4 aliphatic rings. The molecule has 1 saturated carbocycles. The van der Waals surface area contributed by atoms with Gasteiger partial charge in [0, 0.05) is 50.5 Å². The molecule has 7 rings (SSSR count). The molecule has 2 fully saturated rings. The Kier molecular flexibility index (Phi) is 18.4. The van der Waals surface area contributed by atoms with Crippen LogP contribution < -0.4 is 4.74 Å². The van der Waals surface area contributed by atoms with Crippen molar-refractivity contribution in [3.63, 3.8) is 0 Å². The fourth-order valence-corrected chi connectivity index (χ4v) is 11.3. The Morgan fingerprint density at radius 1 is 0.908 bits per heavy atom. The maximum atomic E-state index is 15.4. The number of rotatable bonds is 26. The molecule has 3 N–H and O–H groups in total. The second-order valence-electron chi connectivity index (χ2n) is 18.9. The SMILES string of the molecule is C=CCOC12Oc3ccc(O)cc3C3C(CCCCO)C(CCCCO)C=C(C(=NOC4CCCCO4)CC1N(Cc1cccc4ccccc14)C(=O)CCCCCCCCCCC)C32. The fourth-order valence-electron chi connectivity index (χ4n) is 11.3. The van der Waals surface area contributed by atoms with Crippen molar-refractivity contribution in [3.05, 3.63) is 96.1 Å². The molecule has 0 radical (unpaired) electrons. The lowest BCUT2D eigenvalue weighted by Gasteiger charge is -2.60. The van der Waals surface area contributed by atoms with E-state index in [1.54, 1.807) is 12.1 Å². The first-order valence-corrected chi connectivity index (χ1v) is 25.2. The van der Waals surface area contributed by atoms with Gasteiger partial charge in [-0.05, 0) is 96.9 Å². The Balaban J connectivity index is 1.37. The van der Waals surface area contributed by atoms with Gasteiger partial charge in [-0.15, -0.1) is 6.58 Å². The third-order valence-corrected chi connectivity index (χ3v) is 14.5. The molecule has 2 aliphatic heterocycles. The number of allylic oxidation sites excluding steroid dienone is 1. The summed E-state index contributed by atoms with van der Waals surface area (Å²) in [5, 5.41) is 38.3. The molecule has 1 saturated heterocycles. The number of fused-ring (bicyclic) bond motifs is 3. The first-order chi connectivity index (χ1) is 31.9. The largest absolute Gasteiger partial charge is 0.508 e. The minimum Gasteiger partial charge on any atom is -0.508 e. The number of phenols is 1. The van der Waals surface area contributed by atoms with Crippen LogP contribution >= 0.6 is 0 Å². The number of hydrogen-bond donors (Lipinski definition) is 3. The lowest BCUT2D eigenvalue weighted by molar-refractivity contribution is -0.258. The molecule has 0 bridgehead atoms. The molecule has 2 aliphatic carbocycles. The van der Waals surface area contributed by atoms with Crippen molar-refractivity contribution in [3.8, 4) is 11.5 Å². The third-order valence-electron chi connectivity index (χ3n) is 14.5. The zero-order valence-corrected chi connectivity index (χ0v) is 39.1. The maximum Gasteiger partial charge on any atom is 0.239 e. The number of aliphatic hydroxyl groups is 2. The van der Waals surface area contributed by atoms with Gasteiger partial charge < -0.3 is 39.3 Å². The highest BCUT2D eigenvalue weighted by Crippen LogP contribution is 2.62. The van der Waals surface area contributed by atoms with Gasteiger partial charge in [-0.1, -0.05) is 131 Å². The van der Waals surface area contributed by atoms with Crippen LogP contribution in [0.25, 0.3) is 10.8 Å². The first kappa shape index (κ1) is 48.7. The molecular weight excluding hydrogens is 817 g/mol. The summed E-state index contributed by atoms with van der Waals surface area (Å²) < 4.78 is 20.7. The number of unbranched alkanes of at least 4 members (excludes halogenated alkanes) is 10. The lowest BCUT2D eigenvalue weighted by Crippen LogP contribution is -2.70. The molecule has 0 spiro atoms. The molecule has 10 nitrogen and oxygen atoms in total. The van der Waals surface area contributed by atoms with E-state index >= 15 is 4.79 Å². The molecular formula is C55H76N2O8. The van der Waals surface area contributed by atoms with Crippen LogP contribution in [-0.4, -0.2) is 76.4 Å². The highest BCUT2D eigenvalue weighted by atomic mass is 16.8. The van der Waals surface area contributed by atoms with Crippen LogP contribution in [0.3, 0.4) is 0 Å². The van der Waals surface area contributed by atoms with E-state index in [0.29, 0.717) is 44.6 Å². The van der Waals surface area contributed by atoms with E-state index in [0.717, 1.165) is 97.4 Å². The smallest absolute Gasteiger partial charge is 0.239 e. The predicted molar refractivity (Wildman–Crippen MR) is 258 cm³/mol. The van der Waals surface area contributed by atoms with Crippen molar-refractivity contribution < 1.29 is 39.2 Å². The Bertz CT molecular complexity index is 2040. The summed E-state index contributed by atoms with van der Waals surface area (Å²) in [6, 6.07) is 19.4. The van der Waals surface area contributed by atoms with E-state index in [2.05, 4.69) is 56.0 Å². The predicted octanol–water partition coefficient (Wildman–Crippen LogP) is 11.7. The summed E-state index contributed by atoms with van der Waals surface area (Å²) in [5.74, 6) is -1.05. The summed E-state index contributed by atoms with van der Waals surface area (Å²) in [5.41, 5.74) is 3.67. The summed E-state index contributed by atoms with van der Waals surface area (Å²) >= 11 is 0. The third kappa shape index (κ3) is 11.8. The van der Waals surface area contributed by atoms with Crippen molar-refractivity contribution >= 4 is 22.4 Å². The Hall–Kier alpha value is -4.22. The van der Waals surface area contributed by atoms with Gasteiger partial charge in [0.15, 0.2) is 0 Å². The molecule has 3 aromatic rings. The minimum atomic E-state index is -1.38.